The Morgan fingerprint density at radius 2 is 1.20 bits per heavy atom. The molecule has 0 radical (unpaired) electrons. The largest absolute Gasteiger partial charge is 0.315 e. The quantitative estimate of drug-likeness (QED) is 0.689. The highest BCUT2D eigenvalue weighted by molar-refractivity contribution is 5.51. The molecule has 0 fully saturated rings. The predicted molar refractivity (Wildman–Crippen MR) is 81.8 cm³/mol. The summed E-state index contributed by atoms with van der Waals surface area (Å²) in [7, 11) is 0. The molecule has 0 aromatic carbocycles. The molecule has 3 aromatic rings. The summed E-state index contributed by atoms with van der Waals surface area (Å²) in [6.45, 7) is 8.47. The summed E-state index contributed by atoms with van der Waals surface area (Å²) in [5.74, 6) is 0.981. The number of pyridine rings is 1. The van der Waals surface area contributed by atoms with Crippen molar-refractivity contribution in [1.29, 1.82) is 0 Å². The van der Waals surface area contributed by atoms with Crippen LogP contribution in [0.4, 0.5) is 0 Å². The molecule has 3 heterocycles. The first-order valence-electron chi connectivity index (χ1n) is 6.85. The van der Waals surface area contributed by atoms with Gasteiger partial charge in [0.2, 0.25) is 0 Å². The molecule has 0 amide bonds. The normalized spacial score (nSPS) is 11.0. The molecule has 0 saturated heterocycles. The second-order valence-corrected chi connectivity index (χ2v) is 5.25. The van der Waals surface area contributed by atoms with Crippen molar-refractivity contribution in [2.24, 2.45) is 0 Å². The topological polar surface area (TPSA) is 22.8 Å². The number of rotatable bonds is 2. The van der Waals surface area contributed by atoms with Crippen molar-refractivity contribution in [2.75, 3.05) is 0 Å². The van der Waals surface area contributed by atoms with Crippen LogP contribution in [0.15, 0.2) is 42.6 Å². The maximum Gasteiger partial charge on any atom is 0.161 e. The third kappa shape index (κ3) is 1.86. The lowest BCUT2D eigenvalue weighted by Crippen LogP contribution is -2.09. The highest BCUT2D eigenvalue weighted by atomic mass is 15.1. The smallest absolute Gasteiger partial charge is 0.161 e. The van der Waals surface area contributed by atoms with E-state index < -0.39 is 0 Å². The van der Waals surface area contributed by atoms with Gasteiger partial charge < -0.3 is 9.13 Å². The molecule has 3 aromatic heterocycles. The van der Waals surface area contributed by atoms with Crippen LogP contribution in [0.3, 0.4) is 0 Å². The van der Waals surface area contributed by atoms with E-state index in [1.54, 1.807) is 0 Å². The van der Waals surface area contributed by atoms with Gasteiger partial charge in [0.05, 0.1) is 5.69 Å². The summed E-state index contributed by atoms with van der Waals surface area (Å²) in [6, 6.07) is 12.7. The van der Waals surface area contributed by atoms with Crippen LogP contribution in [0, 0.1) is 27.7 Å². The maximum absolute atomic E-state index is 4.62. The summed E-state index contributed by atoms with van der Waals surface area (Å²) in [5.41, 5.74) is 5.96. The molecular formula is C17H19N3. The summed E-state index contributed by atoms with van der Waals surface area (Å²) in [4.78, 5) is 4.62. The zero-order valence-electron chi connectivity index (χ0n) is 12.4. The van der Waals surface area contributed by atoms with Gasteiger partial charge in [-0.05, 0) is 64.1 Å². The van der Waals surface area contributed by atoms with Gasteiger partial charge in [-0.3, -0.25) is 0 Å². The maximum atomic E-state index is 4.62. The molecule has 3 nitrogen and oxygen atoms in total. The first-order chi connectivity index (χ1) is 9.59. The highest BCUT2D eigenvalue weighted by Gasteiger charge is 2.13. The average molecular weight is 265 g/mol. The van der Waals surface area contributed by atoms with Gasteiger partial charge in [0, 0.05) is 29.0 Å². The molecule has 0 unspecified atom stereocenters. The Bertz CT molecular complexity index is 658. The number of hydrogen-bond donors (Lipinski definition) is 0. The highest BCUT2D eigenvalue weighted by Crippen LogP contribution is 2.24. The van der Waals surface area contributed by atoms with Gasteiger partial charge in [0.15, 0.2) is 5.82 Å². The third-order valence-electron chi connectivity index (χ3n) is 3.76. The fourth-order valence-corrected chi connectivity index (χ4v) is 2.79. The van der Waals surface area contributed by atoms with Crippen molar-refractivity contribution in [3.63, 3.8) is 0 Å². The van der Waals surface area contributed by atoms with E-state index in [0.717, 1.165) is 11.5 Å². The van der Waals surface area contributed by atoms with E-state index in [4.69, 9.17) is 0 Å². The van der Waals surface area contributed by atoms with Crippen molar-refractivity contribution >= 4 is 0 Å². The number of hydrogen-bond acceptors (Lipinski definition) is 1. The summed E-state index contributed by atoms with van der Waals surface area (Å²) >= 11 is 0. The monoisotopic (exact) mass is 265 g/mol. The van der Waals surface area contributed by atoms with Crippen molar-refractivity contribution in [3.05, 3.63) is 65.4 Å². The molecule has 0 aliphatic heterocycles. The fourth-order valence-electron chi connectivity index (χ4n) is 2.79. The lowest BCUT2D eigenvalue weighted by atomic mass is 10.3. The van der Waals surface area contributed by atoms with E-state index >= 15 is 0 Å². The average Bonchev–Trinajstić information content (AvgIpc) is 2.93. The van der Waals surface area contributed by atoms with E-state index in [0.29, 0.717) is 0 Å². The Kier molecular flexibility index (Phi) is 2.97. The van der Waals surface area contributed by atoms with Crippen molar-refractivity contribution in [2.45, 2.75) is 27.7 Å². The minimum Gasteiger partial charge on any atom is -0.315 e. The number of aromatic nitrogens is 3. The zero-order chi connectivity index (χ0) is 14.3. The van der Waals surface area contributed by atoms with Crippen LogP contribution in [-0.2, 0) is 0 Å². The molecule has 0 spiro atoms. The van der Waals surface area contributed by atoms with Crippen LogP contribution >= 0.6 is 0 Å². The molecule has 0 aliphatic rings. The van der Waals surface area contributed by atoms with E-state index in [1.807, 2.05) is 12.3 Å². The van der Waals surface area contributed by atoms with E-state index in [9.17, 15) is 0 Å². The lowest BCUT2D eigenvalue weighted by Gasteiger charge is -2.16. The minimum atomic E-state index is 0.981. The molecule has 20 heavy (non-hydrogen) atoms. The molecular weight excluding hydrogens is 246 g/mol. The first-order valence-corrected chi connectivity index (χ1v) is 6.85. The van der Waals surface area contributed by atoms with Crippen molar-refractivity contribution in [1.82, 2.24) is 14.1 Å². The van der Waals surface area contributed by atoms with Crippen molar-refractivity contribution < 1.29 is 0 Å². The second-order valence-electron chi connectivity index (χ2n) is 5.25. The SMILES string of the molecule is Cc1ccc(C)n1-c1cccnc1-n1c(C)ccc1C. The summed E-state index contributed by atoms with van der Waals surface area (Å²) in [6.07, 6.45) is 1.85. The summed E-state index contributed by atoms with van der Waals surface area (Å²) < 4.78 is 4.45. The zero-order valence-corrected chi connectivity index (χ0v) is 12.4. The van der Waals surface area contributed by atoms with Gasteiger partial charge in [-0.25, -0.2) is 4.98 Å². The van der Waals surface area contributed by atoms with Gasteiger partial charge in [-0.1, -0.05) is 0 Å². The third-order valence-corrected chi connectivity index (χ3v) is 3.76. The van der Waals surface area contributed by atoms with Crippen molar-refractivity contribution in [3.8, 4) is 11.5 Å². The lowest BCUT2D eigenvalue weighted by molar-refractivity contribution is 0.873. The van der Waals surface area contributed by atoms with Gasteiger partial charge in [0.1, 0.15) is 0 Å². The van der Waals surface area contributed by atoms with Gasteiger partial charge in [-0.15, -0.1) is 0 Å². The molecule has 3 rings (SSSR count). The standard InChI is InChI=1S/C17H19N3/c1-12-7-8-13(2)19(12)16-6-5-11-18-17(16)20-14(3)9-10-15(20)4/h5-11H,1-4H3. The number of nitrogens with zero attached hydrogens (tertiary/aromatic N) is 3. The number of aryl methyl sites for hydroxylation is 4. The molecule has 0 saturated carbocycles. The van der Waals surface area contributed by atoms with Crippen LogP contribution < -0.4 is 0 Å². The Morgan fingerprint density at radius 3 is 1.75 bits per heavy atom. The second kappa shape index (κ2) is 4.67. The van der Waals surface area contributed by atoms with E-state index in [1.165, 1.54) is 22.8 Å². The molecule has 0 aliphatic carbocycles. The predicted octanol–water partition coefficient (Wildman–Crippen LogP) is 3.90. The van der Waals surface area contributed by atoms with Crippen LogP contribution in [0.1, 0.15) is 22.8 Å². The molecule has 102 valence electrons. The van der Waals surface area contributed by atoms with Crippen LogP contribution in [0.2, 0.25) is 0 Å². The fraction of sp³-hybridized carbons (Fsp3) is 0.235. The van der Waals surface area contributed by atoms with Crippen LogP contribution in [0.5, 0.6) is 0 Å². The van der Waals surface area contributed by atoms with Gasteiger partial charge in [0.25, 0.3) is 0 Å². The Hall–Kier alpha value is -2.29. The van der Waals surface area contributed by atoms with Gasteiger partial charge in [-0.2, -0.15) is 0 Å². The summed E-state index contributed by atoms with van der Waals surface area (Å²) in [5, 5.41) is 0. The van der Waals surface area contributed by atoms with Gasteiger partial charge >= 0.3 is 0 Å². The van der Waals surface area contributed by atoms with E-state index in [2.05, 4.69) is 72.1 Å². The molecule has 3 heteroatoms. The Balaban J connectivity index is 2.30. The molecule has 0 atom stereocenters. The Morgan fingerprint density at radius 1 is 0.700 bits per heavy atom. The minimum absolute atomic E-state index is 0.981. The van der Waals surface area contributed by atoms with E-state index in [-0.39, 0.29) is 0 Å². The van der Waals surface area contributed by atoms with Crippen LogP contribution in [0.25, 0.3) is 11.5 Å². The molecule has 0 N–H and O–H groups in total. The molecule has 0 bridgehead atoms. The first kappa shape index (κ1) is 12.7. The van der Waals surface area contributed by atoms with Crippen LogP contribution in [-0.4, -0.2) is 14.1 Å². The Labute approximate surface area is 119 Å².